The van der Waals surface area contributed by atoms with E-state index in [2.05, 4.69) is 19.2 Å². The molecule has 0 aliphatic heterocycles. The van der Waals surface area contributed by atoms with Gasteiger partial charge >= 0.3 is 0 Å². The Labute approximate surface area is 155 Å². The van der Waals surface area contributed by atoms with Crippen molar-refractivity contribution in [3.8, 4) is 5.69 Å². The van der Waals surface area contributed by atoms with E-state index in [0.717, 1.165) is 16.9 Å². The smallest absolute Gasteiger partial charge is 0.141 e. The highest BCUT2D eigenvalue weighted by molar-refractivity contribution is 7.84. The number of hydrogen-bond acceptors (Lipinski definition) is 3. The van der Waals surface area contributed by atoms with Crippen LogP contribution in [0.5, 0.6) is 0 Å². The molecule has 3 aromatic rings. The Morgan fingerprint density at radius 1 is 1.19 bits per heavy atom. The third-order valence-corrected chi connectivity index (χ3v) is 5.07. The van der Waals surface area contributed by atoms with Crippen molar-refractivity contribution in [3.63, 3.8) is 0 Å². The fourth-order valence-corrected chi connectivity index (χ4v) is 3.39. The average Bonchev–Trinajstić information content (AvgIpc) is 3.05. The Kier molecular flexibility index (Phi) is 5.52. The van der Waals surface area contributed by atoms with E-state index in [0.29, 0.717) is 12.2 Å². The summed E-state index contributed by atoms with van der Waals surface area (Å²) in [6.45, 7) is 4.74. The number of nitrogens with one attached hydrogen (secondary N) is 1. The molecule has 0 bridgehead atoms. The van der Waals surface area contributed by atoms with Crippen LogP contribution in [0.25, 0.3) is 5.69 Å². The largest absolute Gasteiger partial charge is 0.381 e. The molecule has 1 heterocycles. The van der Waals surface area contributed by atoms with Crippen LogP contribution >= 0.6 is 0 Å². The van der Waals surface area contributed by atoms with Crippen LogP contribution in [0.1, 0.15) is 31.0 Å². The quantitative estimate of drug-likeness (QED) is 0.695. The van der Waals surface area contributed by atoms with Crippen molar-refractivity contribution in [2.24, 2.45) is 0 Å². The molecule has 136 valence electrons. The maximum absolute atomic E-state index is 14.0. The maximum Gasteiger partial charge on any atom is 0.141 e. The first kappa shape index (κ1) is 18.3. The van der Waals surface area contributed by atoms with E-state index in [-0.39, 0.29) is 10.8 Å². The summed E-state index contributed by atoms with van der Waals surface area (Å²) in [5.74, 6) is -0.182. The maximum atomic E-state index is 14.0. The molecule has 0 saturated carbocycles. The van der Waals surface area contributed by atoms with Crippen molar-refractivity contribution < 1.29 is 8.60 Å². The number of para-hydroxylation sites is 1. The van der Waals surface area contributed by atoms with Gasteiger partial charge in [-0.2, -0.15) is 5.10 Å². The molecule has 1 aromatic heterocycles. The second-order valence-corrected chi connectivity index (χ2v) is 7.78. The van der Waals surface area contributed by atoms with E-state index in [1.165, 1.54) is 12.3 Å². The molecule has 0 aliphatic carbocycles. The van der Waals surface area contributed by atoms with Crippen molar-refractivity contribution in [2.45, 2.75) is 31.2 Å². The molecule has 1 N–H and O–H groups in total. The molecular formula is C20H22FN3OS. The zero-order valence-electron chi connectivity index (χ0n) is 15.1. The number of halogens is 1. The first-order valence-electron chi connectivity index (χ1n) is 8.46. The monoisotopic (exact) mass is 371 g/mol. The summed E-state index contributed by atoms with van der Waals surface area (Å²) in [6.07, 6.45) is 3.47. The van der Waals surface area contributed by atoms with E-state index in [1.54, 1.807) is 12.1 Å². The normalized spacial score (nSPS) is 12.3. The van der Waals surface area contributed by atoms with Gasteiger partial charge in [0.05, 0.1) is 27.1 Å². The van der Waals surface area contributed by atoms with Crippen LogP contribution in [-0.4, -0.2) is 20.2 Å². The summed E-state index contributed by atoms with van der Waals surface area (Å²) in [4.78, 5) is 0.218. The number of hydrogen-bond donors (Lipinski definition) is 1. The van der Waals surface area contributed by atoms with Crippen molar-refractivity contribution in [1.82, 2.24) is 9.78 Å². The van der Waals surface area contributed by atoms with Crippen LogP contribution < -0.4 is 5.32 Å². The molecule has 2 aromatic carbocycles. The highest BCUT2D eigenvalue weighted by Crippen LogP contribution is 2.22. The van der Waals surface area contributed by atoms with Crippen LogP contribution in [0.15, 0.2) is 59.6 Å². The van der Waals surface area contributed by atoms with Crippen molar-refractivity contribution in [1.29, 1.82) is 0 Å². The molecule has 0 spiro atoms. The molecule has 1 unspecified atom stereocenters. The average molecular weight is 371 g/mol. The number of benzene rings is 2. The van der Waals surface area contributed by atoms with Gasteiger partial charge in [0.25, 0.3) is 0 Å². The Balaban J connectivity index is 1.82. The lowest BCUT2D eigenvalue weighted by atomic mass is 10.1. The first-order chi connectivity index (χ1) is 12.5. The minimum Gasteiger partial charge on any atom is -0.381 e. The molecule has 0 fully saturated rings. The lowest BCUT2D eigenvalue weighted by Gasteiger charge is -2.09. The zero-order chi connectivity index (χ0) is 18.7. The SMILES string of the molecule is CC(C)c1nn(-c2ccccc2)cc1CNc1ccc(S(C)=O)c(F)c1. The molecule has 6 heteroatoms. The number of rotatable bonds is 6. The Morgan fingerprint density at radius 2 is 1.92 bits per heavy atom. The van der Waals surface area contributed by atoms with Crippen LogP contribution in [-0.2, 0) is 17.3 Å². The minimum atomic E-state index is -1.33. The van der Waals surface area contributed by atoms with Gasteiger partial charge in [0.15, 0.2) is 0 Å². The van der Waals surface area contributed by atoms with Crippen LogP contribution in [0.3, 0.4) is 0 Å². The molecule has 1 atom stereocenters. The molecule has 0 saturated heterocycles. The summed E-state index contributed by atoms with van der Waals surface area (Å²) < 4.78 is 27.3. The van der Waals surface area contributed by atoms with E-state index in [9.17, 15) is 8.60 Å². The predicted octanol–water partition coefficient (Wildman–Crippen LogP) is 4.48. The summed E-state index contributed by atoms with van der Waals surface area (Å²) in [7, 11) is -1.33. The minimum absolute atomic E-state index is 0.218. The van der Waals surface area contributed by atoms with Gasteiger partial charge in [0, 0.05) is 30.2 Å². The number of aromatic nitrogens is 2. The summed E-state index contributed by atoms with van der Waals surface area (Å²) in [5, 5.41) is 7.95. The van der Waals surface area contributed by atoms with Gasteiger partial charge in [0.1, 0.15) is 5.82 Å². The van der Waals surface area contributed by atoms with Gasteiger partial charge in [0.2, 0.25) is 0 Å². The zero-order valence-corrected chi connectivity index (χ0v) is 15.9. The van der Waals surface area contributed by atoms with E-state index in [1.807, 2.05) is 41.2 Å². The fraction of sp³-hybridized carbons (Fsp3) is 0.250. The third-order valence-electron chi connectivity index (χ3n) is 4.11. The Hall–Kier alpha value is -2.47. The molecule has 0 amide bonds. The standard InChI is InChI=1S/C20H22FN3OS/c1-14(2)20-15(13-24(23-20)17-7-5-4-6-8-17)12-22-16-9-10-19(26(3)25)18(21)11-16/h4-11,13-14,22H,12H2,1-3H3. The van der Waals surface area contributed by atoms with Gasteiger partial charge in [-0.1, -0.05) is 32.0 Å². The number of nitrogens with zero attached hydrogens (tertiary/aromatic N) is 2. The van der Waals surface area contributed by atoms with Gasteiger partial charge in [-0.3, -0.25) is 4.21 Å². The molecular weight excluding hydrogens is 349 g/mol. The Bertz CT molecular complexity index is 922. The molecule has 0 radical (unpaired) electrons. The third kappa shape index (κ3) is 4.02. The van der Waals surface area contributed by atoms with E-state index < -0.39 is 16.6 Å². The summed E-state index contributed by atoms with van der Waals surface area (Å²) in [5.41, 5.74) is 3.72. The van der Waals surface area contributed by atoms with E-state index >= 15 is 0 Å². The molecule has 4 nitrogen and oxygen atoms in total. The van der Waals surface area contributed by atoms with Gasteiger partial charge in [-0.05, 0) is 36.2 Å². The second-order valence-electron chi connectivity index (χ2n) is 6.43. The Morgan fingerprint density at radius 3 is 2.54 bits per heavy atom. The van der Waals surface area contributed by atoms with Crippen molar-refractivity contribution in [3.05, 3.63) is 71.8 Å². The van der Waals surface area contributed by atoms with Gasteiger partial charge in [-0.25, -0.2) is 9.07 Å². The lowest BCUT2D eigenvalue weighted by molar-refractivity contribution is 0.596. The van der Waals surface area contributed by atoms with Crippen molar-refractivity contribution in [2.75, 3.05) is 11.6 Å². The van der Waals surface area contributed by atoms with Gasteiger partial charge in [-0.15, -0.1) is 0 Å². The molecule has 26 heavy (non-hydrogen) atoms. The summed E-state index contributed by atoms with van der Waals surface area (Å²) >= 11 is 0. The van der Waals surface area contributed by atoms with Crippen LogP contribution in [0, 0.1) is 5.82 Å². The molecule has 0 aliphatic rings. The highest BCUT2D eigenvalue weighted by Gasteiger charge is 2.14. The topological polar surface area (TPSA) is 46.9 Å². The van der Waals surface area contributed by atoms with Crippen LogP contribution in [0.2, 0.25) is 0 Å². The lowest BCUT2D eigenvalue weighted by Crippen LogP contribution is -2.03. The first-order valence-corrected chi connectivity index (χ1v) is 10.0. The molecule has 3 rings (SSSR count). The fourth-order valence-electron chi connectivity index (χ4n) is 2.80. The van der Waals surface area contributed by atoms with Gasteiger partial charge < -0.3 is 5.32 Å². The van der Waals surface area contributed by atoms with E-state index in [4.69, 9.17) is 5.10 Å². The van der Waals surface area contributed by atoms with Crippen LogP contribution in [0.4, 0.5) is 10.1 Å². The highest BCUT2D eigenvalue weighted by atomic mass is 32.2. The summed E-state index contributed by atoms with van der Waals surface area (Å²) in [6, 6.07) is 14.6. The number of anilines is 1. The van der Waals surface area contributed by atoms with Crippen molar-refractivity contribution >= 4 is 16.5 Å². The second kappa shape index (κ2) is 7.83. The predicted molar refractivity (Wildman–Crippen MR) is 104 cm³/mol.